The number of benzene rings is 2. The van der Waals surface area contributed by atoms with Crippen molar-refractivity contribution in [2.24, 2.45) is 0 Å². The first-order valence-electron chi connectivity index (χ1n) is 7.23. The number of carbonyl (C=O) groups excluding carboxylic acids is 1. The summed E-state index contributed by atoms with van der Waals surface area (Å²) in [7, 11) is 0. The van der Waals surface area contributed by atoms with E-state index in [2.05, 4.69) is 10.6 Å². The van der Waals surface area contributed by atoms with Gasteiger partial charge in [-0.15, -0.1) is 0 Å². The minimum atomic E-state index is -0.333. The third-order valence-electron chi connectivity index (χ3n) is 3.61. The van der Waals surface area contributed by atoms with Gasteiger partial charge in [0.15, 0.2) is 0 Å². The lowest BCUT2D eigenvalue weighted by molar-refractivity contribution is 0.223. The van der Waals surface area contributed by atoms with Crippen LogP contribution in [0.2, 0.25) is 0 Å². The molecule has 0 bridgehead atoms. The van der Waals surface area contributed by atoms with E-state index in [1.807, 2.05) is 30.3 Å². The fraction of sp³-hybridized carbons (Fsp3) is 0.235. The first-order valence-corrected chi connectivity index (χ1v) is 7.23. The van der Waals surface area contributed by atoms with Crippen LogP contribution < -0.4 is 15.4 Å². The number of carbonyl (C=O) groups is 1. The topological polar surface area (TPSA) is 50.4 Å². The number of hydrogen-bond donors (Lipinski definition) is 2. The Hall–Kier alpha value is -2.56. The molecule has 1 heterocycles. The van der Waals surface area contributed by atoms with Crippen LogP contribution in [-0.4, -0.2) is 12.6 Å². The molecule has 1 unspecified atom stereocenters. The standard InChI is InChI=1S/C17H17FN2O2/c18-13-6-7-16-14(10-13)15(8-9-22-16)20-17(21)19-11-12-4-2-1-3-5-12/h1-7,10,15H,8-9,11H2,(H2,19,20,21). The van der Waals surface area contributed by atoms with Crippen LogP contribution in [0.15, 0.2) is 48.5 Å². The number of ether oxygens (including phenoxy) is 1. The molecular weight excluding hydrogens is 283 g/mol. The Morgan fingerprint density at radius 3 is 2.86 bits per heavy atom. The Bertz CT molecular complexity index is 661. The van der Waals surface area contributed by atoms with E-state index in [0.29, 0.717) is 30.9 Å². The SMILES string of the molecule is O=C(NCc1ccccc1)NC1CCOc2ccc(F)cc21. The van der Waals surface area contributed by atoms with Crippen molar-refractivity contribution in [3.63, 3.8) is 0 Å². The first-order chi connectivity index (χ1) is 10.7. The van der Waals surface area contributed by atoms with Crippen LogP contribution in [0.3, 0.4) is 0 Å². The van der Waals surface area contributed by atoms with E-state index in [-0.39, 0.29) is 17.9 Å². The first kappa shape index (κ1) is 14.4. The van der Waals surface area contributed by atoms with Gasteiger partial charge in [0.2, 0.25) is 0 Å². The quantitative estimate of drug-likeness (QED) is 0.915. The number of halogens is 1. The molecule has 2 aromatic carbocycles. The minimum absolute atomic E-state index is 0.241. The van der Waals surface area contributed by atoms with Crippen molar-refractivity contribution in [1.29, 1.82) is 0 Å². The predicted molar refractivity (Wildman–Crippen MR) is 81.1 cm³/mol. The van der Waals surface area contributed by atoms with Crippen LogP contribution in [0.5, 0.6) is 5.75 Å². The molecule has 0 spiro atoms. The van der Waals surface area contributed by atoms with Gasteiger partial charge in [-0.05, 0) is 23.8 Å². The summed E-state index contributed by atoms with van der Waals surface area (Å²) in [6.07, 6.45) is 0.620. The fourth-order valence-electron chi connectivity index (χ4n) is 2.50. The zero-order valence-corrected chi connectivity index (χ0v) is 12.0. The van der Waals surface area contributed by atoms with Gasteiger partial charge in [-0.3, -0.25) is 0 Å². The second kappa shape index (κ2) is 6.47. The summed E-state index contributed by atoms with van der Waals surface area (Å²) in [5, 5.41) is 5.68. The lowest BCUT2D eigenvalue weighted by Crippen LogP contribution is -2.39. The highest BCUT2D eigenvalue weighted by molar-refractivity contribution is 5.74. The Balaban J connectivity index is 1.62. The van der Waals surface area contributed by atoms with Gasteiger partial charge in [0.25, 0.3) is 0 Å². The molecule has 0 saturated carbocycles. The summed E-state index contributed by atoms with van der Waals surface area (Å²) >= 11 is 0. The van der Waals surface area contributed by atoms with E-state index >= 15 is 0 Å². The molecule has 0 radical (unpaired) electrons. The maximum Gasteiger partial charge on any atom is 0.315 e. The molecule has 5 heteroatoms. The maximum atomic E-state index is 13.4. The molecule has 1 aliphatic rings. The minimum Gasteiger partial charge on any atom is -0.493 e. The second-order valence-electron chi connectivity index (χ2n) is 5.18. The van der Waals surface area contributed by atoms with Gasteiger partial charge in [-0.2, -0.15) is 0 Å². The maximum absolute atomic E-state index is 13.4. The molecule has 1 atom stereocenters. The molecule has 4 nitrogen and oxygen atoms in total. The average molecular weight is 300 g/mol. The van der Waals surface area contributed by atoms with Crippen molar-refractivity contribution in [2.45, 2.75) is 19.0 Å². The third kappa shape index (κ3) is 3.36. The molecule has 0 fully saturated rings. The van der Waals surface area contributed by atoms with E-state index in [1.54, 1.807) is 6.07 Å². The van der Waals surface area contributed by atoms with Gasteiger partial charge in [-0.1, -0.05) is 30.3 Å². The third-order valence-corrected chi connectivity index (χ3v) is 3.61. The Kier molecular flexibility index (Phi) is 4.23. The fourth-order valence-corrected chi connectivity index (χ4v) is 2.50. The summed E-state index contributed by atoms with van der Waals surface area (Å²) in [4.78, 5) is 12.0. The van der Waals surface area contributed by atoms with E-state index < -0.39 is 0 Å². The van der Waals surface area contributed by atoms with E-state index in [4.69, 9.17) is 4.74 Å². The van der Waals surface area contributed by atoms with Crippen molar-refractivity contribution >= 4 is 6.03 Å². The van der Waals surface area contributed by atoms with Crippen molar-refractivity contribution < 1.29 is 13.9 Å². The van der Waals surface area contributed by atoms with Gasteiger partial charge < -0.3 is 15.4 Å². The summed E-state index contributed by atoms with van der Waals surface area (Å²) in [5.74, 6) is 0.293. The molecule has 1 aliphatic heterocycles. The molecular formula is C17H17FN2O2. The zero-order valence-electron chi connectivity index (χ0n) is 12.0. The Morgan fingerprint density at radius 2 is 2.05 bits per heavy atom. The number of amides is 2. The lowest BCUT2D eigenvalue weighted by Gasteiger charge is -2.26. The van der Waals surface area contributed by atoms with Crippen molar-refractivity contribution in [2.75, 3.05) is 6.61 Å². The van der Waals surface area contributed by atoms with E-state index in [0.717, 1.165) is 5.56 Å². The van der Waals surface area contributed by atoms with Crippen LogP contribution in [0, 0.1) is 5.82 Å². The van der Waals surface area contributed by atoms with Crippen LogP contribution in [0.4, 0.5) is 9.18 Å². The van der Waals surface area contributed by atoms with Crippen LogP contribution in [0.1, 0.15) is 23.6 Å². The summed E-state index contributed by atoms with van der Waals surface area (Å²) < 4.78 is 18.9. The van der Waals surface area contributed by atoms with Crippen LogP contribution in [0.25, 0.3) is 0 Å². The van der Waals surface area contributed by atoms with Crippen LogP contribution in [-0.2, 0) is 6.54 Å². The molecule has 3 rings (SSSR count). The number of urea groups is 1. The monoisotopic (exact) mass is 300 g/mol. The second-order valence-corrected chi connectivity index (χ2v) is 5.18. The summed E-state index contributed by atoms with van der Waals surface area (Å²) in [6.45, 7) is 0.953. The van der Waals surface area contributed by atoms with Crippen molar-refractivity contribution in [3.05, 3.63) is 65.5 Å². The highest BCUT2D eigenvalue weighted by atomic mass is 19.1. The number of hydrogen-bond acceptors (Lipinski definition) is 2. The smallest absolute Gasteiger partial charge is 0.315 e. The molecule has 2 aromatic rings. The highest BCUT2D eigenvalue weighted by Crippen LogP contribution is 2.32. The Morgan fingerprint density at radius 1 is 1.23 bits per heavy atom. The van der Waals surface area contributed by atoms with Gasteiger partial charge >= 0.3 is 6.03 Å². The number of nitrogens with one attached hydrogen (secondary N) is 2. The van der Waals surface area contributed by atoms with Gasteiger partial charge in [0.05, 0.1) is 12.6 Å². The summed E-state index contributed by atoms with van der Waals surface area (Å²) in [6, 6.07) is 13.5. The average Bonchev–Trinajstić information content (AvgIpc) is 2.54. The molecule has 0 saturated heterocycles. The van der Waals surface area contributed by atoms with Gasteiger partial charge in [-0.25, -0.2) is 9.18 Å². The lowest BCUT2D eigenvalue weighted by atomic mass is 10.0. The zero-order chi connectivity index (χ0) is 15.4. The normalized spacial score (nSPS) is 16.3. The number of fused-ring (bicyclic) bond motifs is 1. The summed E-state index contributed by atoms with van der Waals surface area (Å²) in [5.41, 5.74) is 1.71. The van der Waals surface area contributed by atoms with Crippen molar-refractivity contribution in [1.82, 2.24) is 10.6 Å². The van der Waals surface area contributed by atoms with Crippen LogP contribution >= 0.6 is 0 Å². The molecule has 114 valence electrons. The molecule has 22 heavy (non-hydrogen) atoms. The van der Waals surface area contributed by atoms with Crippen molar-refractivity contribution in [3.8, 4) is 5.75 Å². The number of rotatable bonds is 3. The molecule has 2 N–H and O–H groups in total. The molecule has 0 aromatic heterocycles. The Labute approximate surface area is 128 Å². The largest absolute Gasteiger partial charge is 0.493 e. The highest BCUT2D eigenvalue weighted by Gasteiger charge is 2.23. The molecule has 2 amide bonds. The van der Waals surface area contributed by atoms with Gasteiger partial charge in [0, 0.05) is 18.5 Å². The predicted octanol–water partition coefficient (Wildman–Crippen LogP) is 3.15. The van der Waals surface area contributed by atoms with E-state index in [1.165, 1.54) is 12.1 Å². The molecule has 0 aliphatic carbocycles. The van der Waals surface area contributed by atoms with E-state index in [9.17, 15) is 9.18 Å². The van der Waals surface area contributed by atoms with Gasteiger partial charge in [0.1, 0.15) is 11.6 Å².